The molecule has 0 aliphatic rings. The molecule has 0 amide bonds. The van der Waals surface area contributed by atoms with E-state index < -0.39 is 53.2 Å². The molecule has 3 rings (SSSR count). The number of rotatable bonds is 5. The van der Waals surface area contributed by atoms with Crippen LogP contribution in [-0.2, 0) is 19.8 Å². The minimum Gasteiger partial charge on any atom is -0.508 e. The Morgan fingerprint density at radius 1 is 1.03 bits per heavy atom. The number of phenolic OH excluding ortho intramolecular Hbond substituents is 1. The van der Waals surface area contributed by atoms with Gasteiger partial charge in [-0.05, 0) is 40.8 Å². The van der Waals surface area contributed by atoms with Crippen LogP contribution in [-0.4, -0.2) is 31.3 Å². The van der Waals surface area contributed by atoms with E-state index in [-0.39, 0.29) is 5.69 Å². The summed E-state index contributed by atoms with van der Waals surface area (Å²) in [5, 5.41) is 16.3. The smallest absolute Gasteiger partial charge is 0.508 e. The lowest BCUT2D eigenvalue weighted by Gasteiger charge is -2.18. The summed E-state index contributed by atoms with van der Waals surface area (Å²) in [7, 11) is 1.24. The van der Waals surface area contributed by atoms with Gasteiger partial charge in [0.2, 0.25) is 0 Å². The second-order valence-electron chi connectivity index (χ2n) is 6.07. The lowest BCUT2D eigenvalue weighted by molar-refractivity contribution is -0.275. The molecule has 0 radical (unpaired) electrons. The fraction of sp³-hybridized carbons (Fsp3) is 0.235. The molecule has 166 valence electrons. The first-order valence-corrected chi connectivity index (χ1v) is 8.27. The van der Waals surface area contributed by atoms with Crippen molar-refractivity contribution < 1.29 is 40.9 Å². The monoisotopic (exact) mass is 450 g/mol. The van der Waals surface area contributed by atoms with Crippen molar-refractivity contribution in [2.75, 3.05) is 0 Å². The highest BCUT2D eigenvalue weighted by atomic mass is 19.4. The topological polar surface area (TPSA) is 91.4 Å². The van der Waals surface area contributed by atoms with Crippen LogP contribution in [0.3, 0.4) is 0 Å². The van der Waals surface area contributed by atoms with Gasteiger partial charge in [-0.25, -0.2) is 4.79 Å². The lowest BCUT2D eigenvalue weighted by atomic mass is 10.1. The predicted octanol–water partition coefficient (Wildman–Crippen LogP) is 3.17. The van der Waals surface area contributed by atoms with Crippen LogP contribution in [0.1, 0.15) is 11.1 Å². The zero-order chi connectivity index (χ0) is 23.0. The molecule has 0 aliphatic carbocycles. The highest BCUT2D eigenvalue weighted by molar-refractivity contribution is 5.49. The van der Waals surface area contributed by atoms with E-state index in [0.717, 1.165) is 28.9 Å². The molecule has 0 bridgehead atoms. The molecule has 1 aromatic heterocycles. The summed E-state index contributed by atoms with van der Waals surface area (Å²) in [5.41, 5.74) is -2.83. The van der Waals surface area contributed by atoms with Gasteiger partial charge in [0.05, 0.1) is 11.3 Å². The highest BCUT2D eigenvalue weighted by Gasteiger charge is 2.36. The summed E-state index contributed by atoms with van der Waals surface area (Å²) in [5.74, 6) is -2.26. The van der Waals surface area contributed by atoms with Crippen LogP contribution in [0, 0.1) is 0 Å². The van der Waals surface area contributed by atoms with E-state index in [0.29, 0.717) is 10.7 Å². The maximum atomic E-state index is 13.2. The Kier molecular flexibility index (Phi) is 5.57. The first-order chi connectivity index (χ1) is 14.4. The number of hydrogen-bond acceptors (Lipinski definition) is 6. The van der Waals surface area contributed by atoms with Crippen molar-refractivity contribution in [1.82, 2.24) is 19.8 Å². The van der Waals surface area contributed by atoms with E-state index in [4.69, 9.17) is 4.74 Å². The molecule has 31 heavy (non-hydrogen) atoms. The Hall–Kier alpha value is -3.71. The molecular formula is C17H12F6N4O4. The van der Waals surface area contributed by atoms with Crippen molar-refractivity contribution in [3.05, 3.63) is 58.0 Å². The maximum Gasteiger partial charge on any atom is 0.573 e. The van der Waals surface area contributed by atoms with Crippen molar-refractivity contribution in [3.8, 4) is 22.9 Å². The quantitative estimate of drug-likeness (QED) is 0.601. The van der Waals surface area contributed by atoms with Crippen molar-refractivity contribution in [2.45, 2.75) is 19.1 Å². The minimum atomic E-state index is -5.13. The van der Waals surface area contributed by atoms with Crippen LogP contribution in [0.25, 0.3) is 5.69 Å². The fourth-order valence-corrected chi connectivity index (χ4v) is 2.60. The number of hydrogen-bond donors (Lipinski definition) is 1. The predicted molar refractivity (Wildman–Crippen MR) is 90.7 cm³/mol. The Balaban J connectivity index is 2.08. The normalized spacial score (nSPS) is 12.1. The van der Waals surface area contributed by atoms with Gasteiger partial charge in [0.15, 0.2) is 0 Å². The molecule has 0 aliphatic heterocycles. The second-order valence-corrected chi connectivity index (χ2v) is 6.07. The van der Waals surface area contributed by atoms with Gasteiger partial charge in [0.25, 0.3) is 0 Å². The Morgan fingerprint density at radius 2 is 1.74 bits per heavy atom. The number of nitrogens with zero attached hydrogens (tertiary/aromatic N) is 4. The van der Waals surface area contributed by atoms with Crippen LogP contribution < -0.4 is 15.2 Å². The third kappa shape index (κ3) is 4.90. The second kappa shape index (κ2) is 7.85. The molecule has 0 saturated heterocycles. The molecule has 0 atom stereocenters. The van der Waals surface area contributed by atoms with Crippen LogP contribution in [0.5, 0.6) is 17.2 Å². The number of phenols is 1. The number of aromatic hydroxyl groups is 1. The van der Waals surface area contributed by atoms with Gasteiger partial charge in [-0.3, -0.25) is 0 Å². The van der Waals surface area contributed by atoms with Gasteiger partial charge in [-0.15, -0.1) is 13.2 Å². The zero-order valence-electron chi connectivity index (χ0n) is 15.4. The summed E-state index contributed by atoms with van der Waals surface area (Å²) < 4.78 is 88.6. The summed E-state index contributed by atoms with van der Waals surface area (Å²) >= 11 is 0. The number of alkyl halides is 6. The molecule has 0 saturated carbocycles. The van der Waals surface area contributed by atoms with Gasteiger partial charge in [0.1, 0.15) is 29.4 Å². The SMILES string of the molecule is Cn1nnn(-c2cccc(OC(F)(F)F)c2COc2ccc(O)cc2C(F)(F)F)c1=O. The molecule has 0 unspecified atom stereocenters. The largest absolute Gasteiger partial charge is 0.573 e. The standard InChI is InChI=1S/C17H12F6N4O4/c1-26-15(29)27(25-24-26)12-3-2-4-13(31-17(21,22)23)10(12)8-30-14-6-5-9(28)7-11(14)16(18,19)20/h2-7,28H,8H2,1H3. The van der Waals surface area contributed by atoms with E-state index in [1.54, 1.807) is 0 Å². The van der Waals surface area contributed by atoms with E-state index in [9.17, 15) is 36.2 Å². The minimum absolute atomic E-state index is 0.243. The molecule has 8 nitrogen and oxygen atoms in total. The third-order valence-electron chi connectivity index (χ3n) is 3.92. The van der Waals surface area contributed by atoms with Gasteiger partial charge in [-0.1, -0.05) is 6.07 Å². The van der Waals surface area contributed by atoms with Crippen molar-refractivity contribution >= 4 is 0 Å². The number of ether oxygens (including phenoxy) is 2. The summed E-state index contributed by atoms with van der Waals surface area (Å²) in [6, 6.07) is 5.35. The molecular weight excluding hydrogens is 438 g/mol. The Bertz CT molecular complexity index is 1150. The van der Waals surface area contributed by atoms with Gasteiger partial charge in [0, 0.05) is 7.05 Å². The average molecular weight is 450 g/mol. The summed E-state index contributed by atoms with van der Waals surface area (Å²) in [6.07, 6.45) is -10.0. The number of halogens is 6. The van der Waals surface area contributed by atoms with Gasteiger partial charge < -0.3 is 14.6 Å². The number of benzene rings is 2. The molecule has 0 fully saturated rings. The highest BCUT2D eigenvalue weighted by Crippen LogP contribution is 2.39. The van der Waals surface area contributed by atoms with Crippen LogP contribution >= 0.6 is 0 Å². The Labute approximate surface area is 168 Å². The van der Waals surface area contributed by atoms with Gasteiger partial charge in [-0.2, -0.15) is 22.5 Å². The average Bonchev–Trinajstić information content (AvgIpc) is 2.98. The molecule has 0 spiro atoms. The lowest BCUT2D eigenvalue weighted by Crippen LogP contribution is -2.24. The number of aromatic nitrogens is 4. The van der Waals surface area contributed by atoms with Crippen molar-refractivity contribution in [3.63, 3.8) is 0 Å². The van der Waals surface area contributed by atoms with Crippen molar-refractivity contribution in [2.24, 2.45) is 7.05 Å². The molecule has 1 heterocycles. The number of aryl methyl sites for hydroxylation is 1. The zero-order valence-corrected chi connectivity index (χ0v) is 15.4. The van der Waals surface area contributed by atoms with Crippen LogP contribution in [0.2, 0.25) is 0 Å². The van der Waals surface area contributed by atoms with Gasteiger partial charge >= 0.3 is 18.2 Å². The first kappa shape index (κ1) is 22.0. The molecule has 2 aromatic carbocycles. The van der Waals surface area contributed by atoms with E-state index >= 15 is 0 Å². The van der Waals surface area contributed by atoms with Crippen molar-refractivity contribution in [1.29, 1.82) is 0 Å². The van der Waals surface area contributed by atoms with E-state index in [1.807, 2.05) is 0 Å². The number of tetrazole rings is 1. The molecule has 14 heteroatoms. The maximum absolute atomic E-state index is 13.2. The first-order valence-electron chi connectivity index (χ1n) is 8.27. The summed E-state index contributed by atoms with van der Waals surface area (Å²) in [6.45, 7) is -0.863. The van der Waals surface area contributed by atoms with E-state index in [1.165, 1.54) is 13.1 Å². The van der Waals surface area contributed by atoms with Crippen LogP contribution in [0.4, 0.5) is 26.3 Å². The van der Waals surface area contributed by atoms with E-state index in [2.05, 4.69) is 15.2 Å². The molecule has 1 N–H and O–H groups in total. The third-order valence-corrected chi connectivity index (χ3v) is 3.92. The summed E-state index contributed by atoms with van der Waals surface area (Å²) in [4.78, 5) is 12.1. The van der Waals surface area contributed by atoms with Crippen LogP contribution in [0.15, 0.2) is 41.2 Å². The Morgan fingerprint density at radius 3 is 2.32 bits per heavy atom. The molecule has 3 aromatic rings. The fourth-order valence-electron chi connectivity index (χ4n) is 2.60.